The maximum atomic E-state index is 12.0. The fraction of sp³-hybridized carbons (Fsp3) is 0.348. The molecular weight excluding hydrogens is 452 g/mol. The molecule has 2 N–H and O–H groups in total. The van der Waals surface area contributed by atoms with E-state index in [1.807, 2.05) is 18.2 Å². The third kappa shape index (κ3) is 7.52. The standard InChI is InChI=1S/C23H25ClN2O3S2/c24-20-9-5-4-8-19(20)21-11-10-17(29-21)12-18(15-27)31-23(30)26-14-22(28)25-13-16-6-2-1-3-7-16/h4-5,8-12,15-16H,1-3,6-7,13-14H2,(H,25,28)(H,26,30)/b18-12-. The number of thioether (sulfide) groups is 1. The molecule has 0 unspecified atom stereocenters. The number of benzene rings is 1. The molecule has 3 rings (SSSR count). The molecule has 0 bridgehead atoms. The number of nitrogens with one attached hydrogen (secondary N) is 2. The number of thiocarbonyl (C=S) groups is 1. The number of amides is 1. The summed E-state index contributed by atoms with van der Waals surface area (Å²) in [5.74, 6) is 1.60. The van der Waals surface area contributed by atoms with E-state index < -0.39 is 0 Å². The van der Waals surface area contributed by atoms with Crippen LogP contribution in [0.2, 0.25) is 5.02 Å². The van der Waals surface area contributed by atoms with Gasteiger partial charge in [0.15, 0.2) is 6.29 Å². The van der Waals surface area contributed by atoms with Gasteiger partial charge >= 0.3 is 0 Å². The highest BCUT2D eigenvalue weighted by atomic mass is 35.5. The first-order valence-electron chi connectivity index (χ1n) is 10.3. The van der Waals surface area contributed by atoms with Crippen LogP contribution in [0.3, 0.4) is 0 Å². The Morgan fingerprint density at radius 3 is 2.68 bits per heavy atom. The molecular formula is C23H25ClN2O3S2. The van der Waals surface area contributed by atoms with Gasteiger partial charge in [0.1, 0.15) is 15.8 Å². The summed E-state index contributed by atoms with van der Waals surface area (Å²) < 4.78 is 6.14. The monoisotopic (exact) mass is 476 g/mol. The molecule has 31 heavy (non-hydrogen) atoms. The van der Waals surface area contributed by atoms with E-state index in [9.17, 15) is 9.59 Å². The smallest absolute Gasteiger partial charge is 0.239 e. The van der Waals surface area contributed by atoms with Crippen molar-refractivity contribution < 1.29 is 14.0 Å². The molecule has 1 fully saturated rings. The molecule has 1 aliphatic carbocycles. The molecule has 1 aromatic carbocycles. The average Bonchev–Trinajstić information content (AvgIpc) is 3.25. The number of furan rings is 1. The van der Waals surface area contributed by atoms with Gasteiger partial charge < -0.3 is 15.1 Å². The van der Waals surface area contributed by atoms with Crippen molar-refractivity contribution in [1.82, 2.24) is 10.6 Å². The Kier molecular flexibility index (Phi) is 9.18. The number of carbonyl (C=O) groups is 2. The Morgan fingerprint density at radius 2 is 1.94 bits per heavy atom. The van der Waals surface area contributed by atoms with Gasteiger partial charge in [-0.05, 0) is 49.1 Å². The molecule has 5 nitrogen and oxygen atoms in total. The van der Waals surface area contributed by atoms with Gasteiger partial charge in [0, 0.05) is 12.1 Å². The van der Waals surface area contributed by atoms with Crippen molar-refractivity contribution in [3.8, 4) is 11.3 Å². The fourth-order valence-corrected chi connectivity index (χ4v) is 4.64. The molecule has 0 radical (unpaired) electrons. The molecule has 8 heteroatoms. The summed E-state index contributed by atoms with van der Waals surface area (Å²) in [6, 6.07) is 10.9. The minimum absolute atomic E-state index is 0.0854. The maximum absolute atomic E-state index is 12.0. The second kappa shape index (κ2) is 12.1. The summed E-state index contributed by atoms with van der Waals surface area (Å²) in [5, 5.41) is 6.44. The molecule has 2 aromatic rings. The lowest BCUT2D eigenvalue weighted by atomic mass is 9.89. The number of carbonyl (C=O) groups excluding carboxylic acids is 2. The van der Waals surface area contributed by atoms with E-state index in [-0.39, 0.29) is 12.5 Å². The Labute approximate surface area is 197 Å². The van der Waals surface area contributed by atoms with Crippen molar-refractivity contribution >= 4 is 58.2 Å². The summed E-state index contributed by atoms with van der Waals surface area (Å²) in [6.45, 7) is 0.800. The second-order valence-corrected chi connectivity index (χ2v) is 9.56. The van der Waals surface area contributed by atoms with Crippen molar-refractivity contribution in [3.05, 3.63) is 52.1 Å². The van der Waals surface area contributed by atoms with Crippen molar-refractivity contribution in [1.29, 1.82) is 0 Å². The lowest BCUT2D eigenvalue weighted by Crippen LogP contribution is -2.38. The van der Waals surface area contributed by atoms with Crippen LogP contribution in [0.4, 0.5) is 0 Å². The van der Waals surface area contributed by atoms with E-state index in [2.05, 4.69) is 10.6 Å². The van der Waals surface area contributed by atoms with Crippen LogP contribution in [-0.4, -0.2) is 29.6 Å². The lowest BCUT2D eigenvalue weighted by Gasteiger charge is -2.21. The first-order chi connectivity index (χ1) is 15.0. The zero-order valence-electron chi connectivity index (χ0n) is 17.1. The van der Waals surface area contributed by atoms with E-state index in [0.29, 0.717) is 44.5 Å². The topological polar surface area (TPSA) is 71.3 Å². The van der Waals surface area contributed by atoms with Crippen LogP contribution < -0.4 is 10.6 Å². The van der Waals surface area contributed by atoms with Gasteiger partial charge in [-0.3, -0.25) is 9.59 Å². The third-order valence-electron chi connectivity index (χ3n) is 5.08. The summed E-state index contributed by atoms with van der Waals surface area (Å²) in [7, 11) is 0. The molecule has 1 saturated carbocycles. The number of halogens is 1. The number of hydrogen-bond donors (Lipinski definition) is 2. The number of allylic oxidation sites excluding steroid dienone is 1. The van der Waals surface area contributed by atoms with Gasteiger partial charge in [-0.25, -0.2) is 0 Å². The zero-order chi connectivity index (χ0) is 22.1. The van der Waals surface area contributed by atoms with E-state index in [1.165, 1.54) is 32.1 Å². The van der Waals surface area contributed by atoms with Gasteiger partial charge in [0.2, 0.25) is 5.91 Å². The Morgan fingerprint density at radius 1 is 1.16 bits per heavy atom. The lowest BCUT2D eigenvalue weighted by molar-refractivity contribution is -0.120. The van der Waals surface area contributed by atoms with Crippen LogP contribution in [0.25, 0.3) is 17.4 Å². The normalized spacial score (nSPS) is 14.8. The van der Waals surface area contributed by atoms with Gasteiger partial charge in [-0.15, -0.1) is 0 Å². The SMILES string of the molecule is O=C/C(=C/c1ccc(-c2ccccc2Cl)o1)SC(=S)NCC(=O)NCC1CCCCC1. The third-order valence-corrected chi connectivity index (χ3v) is 6.59. The van der Waals surface area contributed by atoms with Crippen LogP contribution in [0.15, 0.2) is 45.7 Å². The first-order valence-corrected chi connectivity index (χ1v) is 11.9. The highest BCUT2D eigenvalue weighted by molar-refractivity contribution is 8.26. The summed E-state index contributed by atoms with van der Waals surface area (Å²) in [4.78, 5) is 23.9. The fourth-order valence-electron chi connectivity index (χ4n) is 3.47. The highest BCUT2D eigenvalue weighted by Crippen LogP contribution is 2.30. The summed E-state index contributed by atoms with van der Waals surface area (Å²) >= 11 is 12.5. The van der Waals surface area contributed by atoms with E-state index in [0.717, 1.165) is 17.3 Å². The van der Waals surface area contributed by atoms with Crippen LogP contribution >= 0.6 is 35.6 Å². The first kappa shape index (κ1) is 23.6. The van der Waals surface area contributed by atoms with Crippen molar-refractivity contribution in [3.63, 3.8) is 0 Å². The maximum Gasteiger partial charge on any atom is 0.239 e. The van der Waals surface area contributed by atoms with Crippen LogP contribution in [0, 0.1) is 5.92 Å². The van der Waals surface area contributed by atoms with E-state index in [1.54, 1.807) is 24.3 Å². The zero-order valence-corrected chi connectivity index (χ0v) is 19.5. The minimum atomic E-state index is -0.0967. The molecule has 1 aliphatic rings. The molecule has 1 heterocycles. The van der Waals surface area contributed by atoms with Crippen molar-refractivity contribution in [2.45, 2.75) is 32.1 Å². The predicted molar refractivity (Wildman–Crippen MR) is 131 cm³/mol. The second-order valence-electron chi connectivity index (χ2n) is 7.40. The van der Waals surface area contributed by atoms with Gasteiger partial charge in [0.05, 0.1) is 16.5 Å². The van der Waals surface area contributed by atoms with Crippen LogP contribution in [0.5, 0.6) is 0 Å². The molecule has 0 aliphatic heterocycles. The Hall–Kier alpha value is -2.09. The van der Waals surface area contributed by atoms with Gasteiger partial charge in [0.25, 0.3) is 0 Å². The molecule has 1 aromatic heterocycles. The van der Waals surface area contributed by atoms with Crippen molar-refractivity contribution in [2.24, 2.45) is 5.92 Å². The highest BCUT2D eigenvalue weighted by Gasteiger charge is 2.14. The van der Waals surface area contributed by atoms with E-state index >= 15 is 0 Å². The molecule has 164 valence electrons. The Balaban J connectivity index is 1.48. The number of aldehydes is 1. The number of rotatable bonds is 8. The van der Waals surface area contributed by atoms with Crippen molar-refractivity contribution in [2.75, 3.05) is 13.1 Å². The van der Waals surface area contributed by atoms with E-state index in [4.69, 9.17) is 28.2 Å². The Bertz CT molecular complexity index is 952. The van der Waals surface area contributed by atoms with Crippen LogP contribution in [-0.2, 0) is 9.59 Å². The predicted octanol–water partition coefficient (Wildman–Crippen LogP) is 5.44. The summed E-state index contributed by atoms with van der Waals surface area (Å²) in [5.41, 5.74) is 0.778. The molecule has 0 saturated heterocycles. The molecule has 1 amide bonds. The van der Waals surface area contributed by atoms with Gasteiger partial charge in [-0.2, -0.15) is 0 Å². The van der Waals surface area contributed by atoms with Crippen LogP contribution in [0.1, 0.15) is 37.9 Å². The molecule has 0 atom stereocenters. The number of hydrogen-bond acceptors (Lipinski definition) is 5. The van der Waals surface area contributed by atoms with Gasteiger partial charge in [-0.1, -0.05) is 67.0 Å². The summed E-state index contributed by atoms with van der Waals surface area (Å²) in [6.07, 6.45) is 8.46. The largest absolute Gasteiger partial charge is 0.457 e. The quantitative estimate of drug-likeness (QED) is 0.300. The molecule has 0 spiro atoms. The minimum Gasteiger partial charge on any atom is -0.457 e. The average molecular weight is 477 g/mol.